The number of nitriles is 1. The van der Waals surface area contributed by atoms with Crippen molar-refractivity contribution in [1.82, 2.24) is 0 Å². The van der Waals surface area contributed by atoms with Crippen molar-refractivity contribution in [2.75, 3.05) is 5.32 Å². The van der Waals surface area contributed by atoms with Gasteiger partial charge in [-0.25, -0.2) is 0 Å². The molecule has 2 aromatic rings. The number of hydrogen-bond acceptors (Lipinski definition) is 4. The topological polar surface area (TPSA) is 79.0 Å². The molecule has 0 heterocycles. The van der Waals surface area contributed by atoms with Crippen LogP contribution in [0.4, 0.5) is 11.4 Å². The normalized spacial score (nSPS) is 11.5. The van der Waals surface area contributed by atoms with Crippen molar-refractivity contribution in [2.24, 2.45) is 0 Å². The van der Waals surface area contributed by atoms with Crippen molar-refractivity contribution >= 4 is 11.4 Å². The summed E-state index contributed by atoms with van der Waals surface area (Å²) in [6, 6.07) is 14.5. The van der Waals surface area contributed by atoms with E-state index in [0.717, 1.165) is 12.0 Å². The van der Waals surface area contributed by atoms with Crippen LogP contribution < -0.4 is 5.32 Å². The van der Waals surface area contributed by atoms with E-state index in [9.17, 15) is 15.4 Å². The van der Waals surface area contributed by atoms with Gasteiger partial charge in [0.05, 0.1) is 22.2 Å². The maximum atomic E-state index is 10.8. The Hall–Kier alpha value is -2.87. The first-order valence-electron chi connectivity index (χ1n) is 7.06. The summed E-state index contributed by atoms with van der Waals surface area (Å²) in [5.41, 5.74) is 3.12. The third-order valence-corrected chi connectivity index (χ3v) is 3.55. The SMILES string of the molecule is CC[C@H](Nc1ccc([N+](=O)[O-])cc1C#N)c1ccc(C)cc1. The van der Waals surface area contributed by atoms with Crippen molar-refractivity contribution in [3.8, 4) is 6.07 Å². The molecule has 5 heteroatoms. The number of benzene rings is 2. The summed E-state index contributed by atoms with van der Waals surface area (Å²) in [6.07, 6.45) is 0.838. The van der Waals surface area contributed by atoms with Crippen molar-refractivity contribution < 1.29 is 4.92 Å². The zero-order chi connectivity index (χ0) is 16.1. The number of nitro groups is 1. The lowest BCUT2D eigenvalue weighted by Crippen LogP contribution is -2.10. The van der Waals surface area contributed by atoms with Gasteiger partial charge in [0.15, 0.2) is 0 Å². The summed E-state index contributed by atoms with van der Waals surface area (Å²) in [6.45, 7) is 4.08. The Morgan fingerprint density at radius 1 is 1.27 bits per heavy atom. The molecule has 0 spiro atoms. The minimum absolute atomic E-state index is 0.0501. The minimum Gasteiger partial charge on any atom is -0.377 e. The Bertz CT molecular complexity index is 718. The van der Waals surface area contributed by atoms with Crippen LogP contribution in [0.15, 0.2) is 42.5 Å². The Labute approximate surface area is 129 Å². The molecule has 0 aliphatic carbocycles. The molecule has 2 rings (SSSR count). The van der Waals surface area contributed by atoms with Crippen LogP contribution in [-0.2, 0) is 0 Å². The first kappa shape index (κ1) is 15.5. The lowest BCUT2D eigenvalue weighted by molar-refractivity contribution is -0.384. The van der Waals surface area contributed by atoms with E-state index in [1.807, 2.05) is 37.3 Å². The summed E-state index contributed by atoms with van der Waals surface area (Å²) < 4.78 is 0. The fourth-order valence-corrected chi connectivity index (χ4v) is 2.27. The smallest absolute Gasteiger partial charge is 0.270 e. The molecular weight excluding hydrogens is 278 g/mol. The van der Waals surface area contributed by atoms with Crippen molar-refractivity contribution in [2.45, 2.75) is 26.3 Å². The highest BCUT2D eigenvalue weighted by atomic mass is 16.6. The van der Waals surface area contributed by atoms with E-state index in [1.54, 1.807) is 6.07 Å². The Kier molecular flexibility index (Phi) is 4.74. The van der Waals surface area contributed by atoms with Crippen LogP contribution >= 0.6 is 0 Å². The van der Waals surface area contributed by atoms with E-state index in [4.69, 9.17) is 0 Å². The number of nitrogens with zero attached hydrogens (tertiary/aromatic N) is 2. The van der Waals surface area contributed by atoms with E-state index in [0.29, 0.717) is 5.69 Å². The van der Waals surface area contributed by atoms with Gasteiger partial charge in [-0.15, -0.1) is 0 Å². The maximum Gasteiger partial charge on any atom is 0.270 e. The van der Waals surface area contributed by atoms with Gasteiger partial charge in [0, 0.05) is 12.1 Å². The standard InChI is InChI=1S/C17H17N3O2/c1-3-16(13-6-4-12(2)5-7-13)19-17-9-8-15(20(21)22)10-14(17)11-18/h4-10,16,19H,3H2,1-2H3/t16-/m0/s1. The molecule has 0 fully saturated rings. The van der Waals surface area contributed by atoms with E-state index in [2.05, 4.69) is 12.2 Å². The lowest BCUT2D eigenvalue weighted by Gasteiger charge is -2.19. The molecule has 0 aliphatic heterocycles. The average molecular weight is 295 g/mol. The summed E-state index contributed by atoms with van der Waals surface area (Å²) in [7, 11) is 0. The quantitative estimate of drug-likeness (QED) is 0.657. The largest absolute Gasteiger partial charge is 0.377 e. The Morgan fingerprint density at radius 2 is 1.95 bits per heavy atom. The number of aryl methyl sites for hydroxylation is 1. The van der Waals surface area contributed by atoms with Crippen LogP contribution in [0, 0.1) is 28.4 Å². The van der Waals surface area contributed by atoms with Gasteiger partial charge in [0.1, 0.15) is 6.07 Å². The molecule has 0 aliphatic rings. The maximum absolute atomic E-state index is 10.8. The van der Waals surface area contributed by atoms with Gasteiger partial charge >= 0.3 is 0 Å². The number of anilines is 1. The van der Waals surface area contributed by atoms with Gasteiger partial charge in [0.2, 0.25) is 0 Å². The van der Waals surface area contributed by atoms with Gasteiger partial charge in [-0.3, -0.25) is 10.1 Å². The van der Waals surface area contributed by atoms with Gasteiger partial charge in [-0.2, -0.15) is 5.26 Å². The third kappa shape index (κ3) is 3.41. The third-order valence-electron chi connectivity index (χ3n) is 3.55. The molecule has 1 atom stereocenters. The predicted molar refractivity (Wildman–Crippen MR) is 85.6 cm³/mol. The van der Waals surface area contributed by atoms with Crippen LogP contribution in [0.2, 0.25) is 0 Å². The van der Waals surface area contributed by atoms with Gasteiger partial charge in [-0.1, -0.05) is 36.8 Å². The second kappa shape index (κ2) is 6.72. The van der Waals surface area contributed by atoms with E-state index in [-0.39, 0.29) is 17.3 Å². The molecule has 22 heavy (non-hydrogen) atoms. The van der Waals surface area contributed by atoms with E-state index < -0.39 is 4.92 Å². The molecule has 0 radical (unpaired) electrons. The van der Waals surface area contributed by atoms with Gasteiger partial charge in [-0.05, 0) is 25.0 Å². The van der Waals surface area contributed by atoms with Crippen molar-refractivity contribution in [3.63, 3.8) is 0 Å². The molecule has 0 unspecified atom stereocenters. The lowest BCUT2D eigenvalue weighted by atomic mass is 10.0. The monoisotopic (exact) mass is 295 g/mol. The number of rotatable bonds is 5. The van der Waals surface area contributed by atoms with E-state index >= 15 is 0 Å². The second-order valence-corrected chi connectivity index (χ2v) is 5.11. The molecule has 0 bridgehead atoms. The predicted octanol–water partition coefficient (Wildman–Crippen LogP) is 4.34. The van der Waals surface area contributed by atoms with Crippen LogP contribution in [0.5, 0.6) is 0 Å². The molecule has 112 valence electrons. The van der Waals surface area contributed by atoms with Gasteiger partial charge < -0.3 is 5.32 Å². The fraction of sp³-hybridized carbons (Fsp3) is 0.235. The van der Waals surface area contributed by atoms with Crippen molar-refractivity contribution in [3.05, 3.63) is 69.3 Å². The van der Waals surface area contributed by atoms with Crippen molar-refractivity contribution in [1.29, 1.82) is 5.26 Å². The molecule has 0 amide bonds. The molecule has 2 aromatic carbocycles. The molecular formula is C17H17N3O2. The molecule has 0 saturated heterocycles. The summed E-state index contributed by atoms with van der Waals surface area (Å²) in [5, 5.41) is 23.3. The zero-order valence-electron chi connectivity index (χ0n) is 12.5. The highest BCUT2D eigenvalue weighted by molar-refractivity contribution is 5.62. The summed E-state index contributed by atoms with van der Waals surface area (Å²) in [4.78, 5) is 10.3. The first-order chi connectivity index (χ1) is 10.5. The summed E-state index contributed by atoms with van der Waals surface area (Å²) >= 11 is 0. The average Bonchev–Trinajstić information content (AvgIpc) is 2.53. The summed E-state index contributed by atoms with van der Waals surface area (Å²) in [5.74, 6) is 0. The fourth-order valence-electron chi connectivity index (χ4n) is 2.27. The Morgan fingerprint density at radius 3 is 2.50 bits per heavy atom. The molecule has 5 nitrogen and oxygen atoms in total. The molecule has 0 saturated carbocycles. The molecule has 0 aromatic heterocycles. The zero-order valence-corrected chi connectivity index (χ0v) is 12.5. The van der Waals surface area contributed by atoms with Crippen LogP contribution in [-0.4, -0.2) is 4.92 Å². The van der Waals surface area contributed by atoms with Crippen LogP contribution in [0.1, 0.15) is 36.1 Å². The molecule has 1 N–H and O–H groups in total. The van der Waals surface area contributed by atoms with Crippen LogP contribution in [0.3, 0.4) is 0 Å². The second-order valence-electron chi connectivity index (χ2n) is 5.11. The van der Waals surface area contributed by atoms with Gasteiger partial charge in [0.25, 0.3) is 5.69 Å². The Balaban J connectivity index is 2.30. The number of nitrogens with one attached hydrogen (secondary N) is 1. The van der Waals surface area contributed by atoms with Crippen LogP contribution in [0.25, 0.3) is 0 Å². The highest BCUT2D eigenvalue weighted by Crippen LogP contribution is 2.27. The first-order valence-corrected chi connectivity index (χ1v) is 7.06. The minimum atomic E-state index is -0.498. The van der Waals surface area contributed by atoms with E-state index in [1.165, 1.54) is 17.7 Å². The number of non-ortho nitro benzene ring substituents is 1. The number of nitro benzene ring substituents is 1. The highest BCUT2D eigenvalue weighted by Gasteiger charge is 2.14. The number of hydrogen-bond donors (Lipinski definition) is 1.